The summed E-state index contributed by atoms with van der Waals surface area (Å²) in [4.78, 5) is 0. The number of hydrogen-bond acceptors (Lipinski definition) is 1. The molecule has 0 amide bonds. The highest BCUT2D eigenvalue weighted by molar-refractivity contribution is 5.37. The molecule has 0 unspecified atom stereocenters. The van der Waals surface area contributed by atoms with E-state index in [9.17, 15) is 0 Å². The van der Waals surface area contributed by atoms with Crippen molar-refractivity contribution in [1.82, 2.24) is 0 Å². The van der Waals surface area contributed by atoms with Crippen molar-refractivity contribution in [1.29, 1.82) is 0 Å². The first-order chi connectivity index (χ1) is 6.83. The predicted octanol–water partition coefficient (Wildman–Crippen LogP) is 2.46. The van der Waals surface area contributed by atoms with E-state index in [0.29, 0.717) is 10.8 Å². The maximum atomic E-state index is 5.93. The predicted molar refractivity (Wildman–Crippen MR) is 58.1 cm³/mol. The summed E-state index contributed by atoms with van der Waals surface area (Å²) in [6.07, 6.45) is 5.40. The topological polar surface area (TPSA) is 26.0 Å². The van der Waals surface area contributed by atoms with Gasteiger partial charge in [-0.25, -0.2) is 0 Å². The van der Waals surface area contributed by atoms with Gasteiger partial charge in [-0.2, -0.15) is 0 Å². The van der Waals surface area contributed by atoms with Crippen LogP contribution in [-0.2, 0) is 5.41 Å². The second-order valence-corrected chi connectivity index (χ2v) is 4.93. The monoisotopic (exact) mass is 187 g/mol. The molecule has 0 saturated heterocycles. The maximum Gasteiger partial charge on any atom is 0.00221 e. The fourth-order valence-corrected chi connectivity index (χ4v) is 3.04. The van der Waals surface area contributed by atoms with Crippen molar-refractivity contribution in [2.45, 2.75) is 31.1 Å². The van der Waals surface area contributed by atoms with Crippen LogP contribution in [0.4, 0.5) is 0 Å². The van der Waals surface area contributed by atoms with Gasteiger partial charge in [-0.1, -0.05) is 30.3 Å². The molecule has 2 aliphatic carbocycles. The van der Waals surface area contributed by atoms with Crippen molar-refractivity contribution in [3.63, 3.8) is 0 Å². The van der Waals surface area contributed by atoms with Crippen LogP contribution in [-0.4, -0.2) is 6.54 Å². The Morgan fingerprint density at radius 2 is 1.64 bits per heavy atom. The zero-order valence-corrected chi connectivity index (χ0v) is 8.50. The smallest absolute Gasteiger partial charge is 0.00221 e. The summed E-state index contributed by atoms with van der Waals surface area (Å²) in [5, 5.41) is 0. The summed E-state index contributed by atoms with van der Waals surface area (Å²) in [6.45, 7) is 0.877. The number of benzene rings is 1. The fourth-order valence-electron chi connectivity index (χ4n) is 3.04. The lowest BCUT2D eigenvalue weighted by Crippen LogP contribution is -2.29. The van der Waals surface area contributed by atoms with Crippen molar-refractivity contribution >= 4 is 0 Å². The summed E-state index contributed by atoms with van der Waals surface area (Å²) >= 11 is 0. The van der Waals surface area contributed by atoms with E-state index in [4.69, 9.17) is 5.73 Å². The van der Waals surface area contributed by atoms with E-state index in [1.807, 2.05) is 0 Å². The highest BCUT2D eigenvalue weighted by atomic mass is 14.8. The quantitative estimate of drug-likeness (QED) is 0.773. The second-order valence-electron chi connectivity index (χ2n) is 4.93. The van der Waals surface area contributed by atoms with E-state index in [0.717, 1.165) is 6.54 Å². The summed E-state index contributed by atoms with van der Waals surface area (Å²) in [7, 11) is 0. The van der Waals surface area contributed by atoms with Crippen LogP contribution in [0.2, 0.25) is 0 Å². The Bertz CT molecular complexity index is 334. The molecular formula is C13H17N. The standard InChI is InChI=1S/C13H17N/c14-10-12(6-7-12)13(8-9-13)11-4-2-1-3-5-11/h1-5H,6-10,14H2. The summed E-state index contributed by atoms with van der Waals surface area (Å²) < 4.78 is 0. The minimum Gasteiger partial charge on any atom is -0.330 e. The number of nitrogens with two attached hydrogens (primary N) is 1. The average Bonchev–Trinajstić information content (AvgIpc) is 3.13. The minimum atomic E-state index is 0.475. The van der Waals surface area contributed by atoms with Gasteiger partial charge in [0.1, 0.15) is 0 Å². The summed E-state index contributed by atoms with van der Waals surface area (Å²) in [5.41, 5.74) is 8.42. The van der Waals surface area contributed by atoms with Crippen LogP contribution in [0, 0.1) is 5.41 Å². The van der Waals surface area contributed by atoms with E-state index >= 15 is 0 Å². The largest absolute Gasteiger partial charge is 0.330 e. The molecule has 0 aromatic heterocycles. The molecule has 2 aliphatic rings. The Morgan fingerprint density at radius 3 is 2.07 bits per heavy atom. The maximum absolute atomic E-state index is 5.93. The molecule has 3 rings (SSSR count). The molecule has 0 heterocycles. The summed E-state index contributed by atoms with van der Waals surface area (Å²) in [5.74, 6) is 0. The van der Waals surface area contributed by atoms with Gasteiger partial charge in [0.2, 0.25) is 0 Å². The SMILES string of the molecule is NCC1(C2(c3ccccc3)CC2)CC1. The molecule has 0 radical (unpaired) electrons. The molecule has 74 valence electrons. The van der Waals surface area contributed by atoms with E-state index in [-0.39, 0.29) is 0 Å². The molecule has 1 aromatic carbocycles. The zero-order valence-electron chi connectivity index (χ0n) is 8.50. The fraction of sp³-hybridized carbons (Fsp3) is 0.538. The van der Waals surface area contributed by atoms with Gasteiger partial charge in [0.15, 0.2) is 0 Å². The van der Waals surface area contributed by atoms with Gasteiger partial charge in [0.05, 0.1) is 0 Å². The Labute approximate surface area is 85.3 Å². The van der Waals surface area contributed by atoms with Crippen molar-refractivity contribution < 1.29 is 0 Å². The Hall–Kier alpha value is -0.820. The average molecular weight is 187 g/mol. The van der Waals surface area contributed by atoms with Gasteiger partial charge in [-0.3, -0.25) is 0 Å². The lowest BCUT2D eigenvalue weighted by atomic mass is 9.80. The van der Waals surface area contributed by atoms with Crippen molar-refractivity contribution in [2.75, 3.05) is 6.54 Å². The molecule has 0 spiro atoms. The molecular weight excluding hydrogens is 170 g/mol. The third-order valence-corrected chi connectivity index (χ3v) is 4.34. The van der Waals surface area contributed by atoms with E-state index in [2.05, 4.69) is 30.3 Å². The van der Waals surface area contributed by atoms with Crippen LogP contribution in [0.5, 0.6) is 0 Å². The molecule has 1 aromatic rings. The Morgan fingerprint density at radius 1 is 1.00 bits per heavy atom. The van der Waals surface area contributed by atoms with Crippen LogP contribution in [0.25, 0.3) is 0 Å². The third-order valence-electron chi connectivity index (χ3n) is 4.34. The molecule has 1 nitrogen and oxygen atoms in total. The van der Waals surface area contributed by atoms with Gasteiger partial charge in [-0.05, 0) is 43.2 Å². The van der Waals surface area contributed by atoms with Gasteiger partial charge in [0, 0.05) is 5.41 Å². The molecule has 0 atom stereocenters. The van der Waals surface area contributed by atoms with Gasteiger partial charge in [0.25, 0.3) is 0 Å². The molecule has 2 saturated carbocycles. The van der Waals surface area contributed by atoms with E-state index < -0.39 is 0 Å². The van der Waals surface area contributed by atoms with Crippen molar-refractivity contribution in [3.05, 3.63) is 35.9 Å². The first kappa shape index (κ1) is 8.49. The van der Waals surface area contributed by atoms with Crippen LogP contribution in [0.1, 0.15) is 31.2 Å². The first-order valence-electron chi connectivity index (χ1n) is 5.59. The van der Waals surface area contributed by atoms with Gasteiger partial charge >= 0.3 is 0 Å². The van der Waals surface area contributed by atoms with Gasteiger partial charge < -0.3 is 5.73 Å². The first-order valence-corrected chi connectivity index (χ1v) is 5.59. The van der Waals surface area contributed by atoms with Crippen molar-refractivity contribution in [2.24, 2.45) is 11.1 Å². The highest BCUT2D eigenvalue weighted by Crippen LogP contribution is 2.70. The lowest BCUT2D eigenvalue weighted by molar-refractivity contribution is 0.389. The molecule has 14 heavy (non-hydrogen) atoms. The normalized spacial score (nSPS) is 25.8. The van der Waals surface area contributed by atoms with Gasteiger partial charge in [-0.15, -0.1) is 0 Å². The van der Waals surface area contributed by atoms with Crippen LogP contribution < -0.4 is 5.73 Å². The zero-order chi connectivity index (χ0) is 9.65. The second kappa shape index (κ2) is 2.60. The lowest BCUT2D eigenvalue weighted by Gasteiger charge is -2.25. The molecule has 0 aliphatic heterocycles. The van der Waals surface area contributed by atoms with E-state index in [1.165, 1.54) is 31.2 Å². The van der Waals surface area contributed by atoms with Crippen LogP contribution in [0.3, 0.4) is 0 Å². The summed E-state index contributed by atoms with van der Waals surface area (Å²) in [6, 6.07) is 11.0. The minimum absolute atomic E-state index is 0.475. The third kappa shape index (κ3) is 0.936. The highest BCUT2D eigenvalue weighted by Gasteiger charge is 2.64. The molecule has 2 fully saturated rings. The molecule has 0 bridgehead atoms. The number of rotatable bonds is 3. The van der Waals surface area contributed by atoms with Crippen LogP contribution in [0.15, 0.2) is 30.3 Å². The van der Waals surface area contributed by atoms with Crippen LogP contribution >= 0.6 is 0 Å². The number of hydrogen-bond donors (Lipinski definition) is 1. The molecule has 2 N–H and O–H groups in total. The molecule has 1 heteroatoms. The Balaban J connectivity index is 1.98. The van der Waals surface area contributed by atoms with Crippen molar-refractivity contribution in [3.8, 4) is 0 Å². The Kier molecular flexibility index (Phi) is 1.58. The van der Waals surface area contributed by atoms with E-state index in [1.54, 1.807) is 0 Å².